The lowest BCUT2D eigenvalue weighted by atomic mass is 9.98. The second kappa shape index (κ2) is 15.2. The van der Waals surface area contributed by atoms with Crippen LogP contribution in [-0.4, -0.2) is 41.8 Å². The highest BCUT2D eigenvalue weighted by molar-refractivity contribution is 8.13. The van der Waals surface area contributed by atoms with Gasteiger partial charge in [0.1, 0.15) is 23.9 Å². The number of carbonyl (C=O) groups is 1. The molecular weight excluding hydrogens is 593 g/mol. The summed E-state index contributed by atoms with van der Waals surface area (Å²) in [6, 6.07) is 18.0. The van der Waals surface area contributed by atoms with Crippen molar-refractivity contribution in [2.24, 2.45) is 31.2 Å². The monoisotopic (exact) mass is 626 g/mol. The van der Waals surface area contributed by atoms with E-state index in [2.05, 4.69) is 25.2 Å². The molecule has 0 amide bonds. The smallest absolute Gasteiger partial charge is 0.454 e. The van der Waals surface area contributed by atoms with Crippen LogP contribution in [0.3, 0.4) is 0 Å². The minimum absolute atomic E-state index is 0.0663. The van der Waals surface area contributed by atoms with Crippen molar-refractivity contribution in [3.05, 3.63) is 89.0 Å². The number of aliphatic imine (C=N–C) groups is 3. The van der Waals surface area contributed by atoms with E-state index in [1.165, 1.54) is 30.2 Å². The molecule has 3 N–H and O–H groups in total. The van der Waals surface area contributed by atoms with Gasteiger partial charge in [-0.05, 0) is 87.3 Å². The lowest BCUT2D eigenvalue weighted by Gasteiger charge is -2.16. The Balaban J connectivity index is 1.64. The molecule has 0 aliphatic carbocycles. The molecule has 0 aliphatic rings. The lowest BCUT2D eigenvalue weighted by molar-refractivity contribution is -0.274. The molecule has 0 heterocycles. The summed E-state index contributed by atoms with van der Waals surface area (Å²) in [7, 11) is 0. The summed E-state index contributed by atoms with van der Waals surface area (Å²) < 4.78 is 46.1. The number of halogens is 3. The molecule has 0 fully saturated rings. The number of ether oxygens (including phenoxy) is 2. The Bertz CT molecular complexity index is 1530. The first-order chi connectivity index (χ1) is 20.7. The Morgan fingerprint density at radius 3 is 2.20 bits per heavy atom. The molecule has 3 rings (SSSR count). The molecule has 0 saturated carbocycles. The van der Waals surface area contributed by atoms with Crippen LogP contribution in [0, 0.1) is 19.3 Å². The number of rotatable bonds is 9. The molecular formula is C31H33F3N6O3S. The van der Waals surface area contributed by atoms with Crippen LogP contribution in [0.4, 0.5) is 24.5 Å². The standard InChI is InChI=1S/C31H33F3N6O3S/c1-20-7-6-8-21(2)26(20)39-29(44-19-42-28(41)30(3,4)5)40-38-17-22-9-11-23(12-10-22)27(35)37-18-36-24-13-15-25(16-14-24)43-31(32,33)34/h6-18H,19H2,1-5H3,(H,39,40)(H2,35,36,37)/b38-17-. The van der Waals surface area contributed by atoms with Crippen molar-refractivity contribution in [2.75, 3.05) is 5.94 Å². The Morgan fingerprint density at radius 1 is 0.977 bits per heavy atom. The second-order valence-corrected chi connectivity index (χ2v) is 11.3. The molecule has 3 aromatic carbocycles. The second-order valence-electron chi connectivity index (χ2n) is 10.4. The van der Waals surface area contributed by atoms with Gasteiger partial charge in [0.25, 0.3) is 0 Å². The third-order valence-corrected chi connectivity index (χ3v) is 6.40. The number of thioether (sulfide) groups is 1. The Morgan fingerprint density at radius 2 is 1.61 bits per heavy atom. The topological polar surface area (TPSA) is 123 Å². The zero-order chi connectivity index (χ0) is 32.3. The van der Waals surface area contributed by atoms with Crippen molar-refractivity contribution in [1.29, 1.82) is 0 Å². The van der Waals surface area contributed by atoms with Crippen LogP contribution in [0.15, 0.2) is 86.8 Å². The summed E-state index contributed by atoms with van der Waals surface area (Å²) in [5, 5.41) is 4.76. The van der Waals surface area contributed by atoms with Crippen LogP contribution in [0.1, 0.15) is 43.0 Å². The SMILES string of the molecule is Cc1cccc(C)c1N=C(N/N=C\c1ccc(C(N)=NC=Nc2ccc(OC(F)(F)F)cc2)cc1)SCOC(=O)C(C)(C)C. The van der Waals surface area contributed by atoms with E-state index in [1.54, 1.807) is 51.3 Å². The molecule has 0 atom stereocenters. The van der Waals surface area contributed by atoms with Gasteiger partial charge in [-0.1, -0.05) is 42.5 Å². The van der Waals surface area contributed by atoms with E-state index in [0.717, 1.165) is 34.5 Å². The van der Waals surface area contributed by atoms with Crippen LogP contribution in [-0.2, 0) is 9.53 Å². The van der Waals surface area contributed by atoms with Crippen LogP contribution >= 0.6 is 11.8 Å². The third-order valence-electron chi connectivity index (χ3n) is 5.71. The number of aryl methyl sites for hydroxylation is 2. The molecule has 0 aliphatic heterocycles. The number of alkyl halides is 3. The van der Waals surface area contributed by atoms with Crippen LogP contribution in [0.2, 0.25) is 0 Å². The number of hydrogen-bond donors (Lipinski definition) is 2. The van der Waals surface area contributed by atoms with E-state index in [4.69, 9.17) is 15.5 Å². The van der Waals surface area contributed by atoms with Gasteiger partial charge < -0.3 is 15.2 Å². The Labute approximate surface area is 258 Å². The molecule has 0 unspecified atom stereocenters. The van der Waals surface area contributed by atoms with E-state index in [1.807, 2.05) is 32.0 Å². The summed E-state index contributed by atoms with van der Waals surface area (Å²) in [5.41, 5.74) is 12.9. The van der Waals surface area contributed by atoms with Gasteiger partial charge in [-0.2, -0.15) is 5.10 Å². The van der Waals surface area contributed by atoms with Crippen molar-refractivity contribution in [3.8, 4) is 5.75 Å². The number of nitrogens with zero attached hydrogens (tertiary/aromatic N) is 4. The van der Waals surface area contributed by atoms with Crippen molar-refractivity contribution in [2.45, 2.75) is 41.0 Å². The van der Waals surface area contributed by atoms with E-state index < -0.39 is 11.8 Å². The van der Waals surface area contributed by atoms with Crippen LogP contribution in [0.25, 0.3) is 0 Å². The highest BCUT2D eigenvalue weighted by Gasteiger charge is 2.31. The van der Waals surface area contributed by atoms with Gasteiger partial charge in [-0.15, -0.1) is 13.2 Å². The molecule has 13 heteroatoms. The molecule has 0 aromatic heterocycles. The molecule has 3 aromatic rings. The average molecular weight is 627 g/mol. The number of hydrogen-bond acceptors (Lipinski definition) is 7. The quantitative estimate of drug-likeness (QED) is 0.0855. The van der Waals surface area contributed by atoms with Gasteiger partial charge in [-0.3, -0.25) is 10.2 Å². The summed E-state index contributed by atoms with van der Waals surface area (Å²) in [4.78, 5) is 25.1. The number of carbonyl (C=O) groups excluding carboxylic acids is 1. The van der Waals surface area contributed by atoms with Crippen molar-refractivity contribution < 1.29 is 27.4 Å². The van der Waals surface area contributed by atoms with Crippen molar-refractivity contribution in [1.82, 2.24) is 5.43 Å². The first kappa shape index (κ1) is 33.8. The first-order valence-corrected chi connectivity index (χ1v) is 14.3. The number of nitrogens with one attached hydrogen (secondary N) is 1. The highest BCUT2D eigenvalue weighted by atomic mass is 32.2. The zero-order valence-corrected chi connectivity index (χ0v) is 25.7. The molecule has 0 bridgehead atoms. The van der Waals surface area contributed by atoms with Crippen LogP contribution in [0.5, 0.6) is 5.75 Å². The van der Waals surface area contributed by atoms with Crippen molar-refractivity contribution in [3.63, 3.8) is 0 Å². The first-order valence-electron chi connectivity index (χ1n) is 13.3. The normalized spacial score (nSPS) is 13.0. The van der Waals surface area contributed by atoms with Crippen LogP contribution < -0.4 is 15.9 Å². The number of para-hydroxylation sites is 1. The number of amidine groups is 2. The predicted octanol–water partition coefficient (Wildman–Crippen LogP) is 7.16. The molecule has 44 heavy (non-hydrogen) atoms. The Kier molecular flexibility index (Phi) is 11.7. The molecule has 0 spiro atoms. The maximum absolute atomic E-state index is 12.3. The zero-order valence-electron chi connectivity index (χ0n) is 24.8. The van der Waals surface area contributed by atoms with Gasteiger partial charge in [0.05, 0.1) is 23.0 Å². The minimum Gasteiger partial charge on any atom is -0.454 e. The van der Waals surface area contributed by atoms with Gasteiger partial charge in [-0.25, -0.2) is 15.0 Å². The predicted molar refractivity (Wildman–Crippen MR) is 170 cm³/mol. The largest absolute Gasteiger partial charge is 0.573 e. The molecule has 232 valence electrons. The number of benzene rings is 3. The molecule has 0 radical (unpaired) electrons. The van der Waals surface area contributed by atoms with E-state index in [-0.39, 0.29) is 23.5 Å². The number of hydrazone groups is 1. The fourth-order valence-electron chi connectivity index (χ4n) is 3.40. The number of nitrogens with two attached hydrogens (primary N) is 1. The molecule has 0 saturated heterocycles. The maximum Gasteiger partial charge on any atom is 0.573 e. The summed E-state index contributed by atoms with van der Waals surface area (Å²) in [6.07, 6.45) is -1.95. The highest BCUT2D eigenvalue weighted by Crippen LogP contribution is 2.26. The van der Waals surface area contributed by atoms with Gasteiger partial charge >= 0.3 is 12.3 Å². The summed E-state index contributed by atoms with van der Waals surface area (Å²) in [6.45, 7) is 9.29. The molecule has 9 nitrogen and oxygen atoms in total. The number of esters is 1. The minimum atomic E-state index is -4.76. The van der Waals surface area contributed by atoms with E-state index in [0.29, 0.717) is 16.4 Å². The Hall–Kier alpha value is -4.65. The van der Waals surface area contributed by atoms with E-state index >= 15 is 0 Å². The summed E-state index contributed by atoms with van der Waals surface area (Å²) >= 11 is 1.21. The maximum atomic E-state index is 12.3. The van der Waals surface area contributed by atoms with Gasteiger partial charge in [0.15, 0.2) is 5.17 Å². The van der Waals surface area contributed by atoms with E-state index in [9.17, 15) is 18.0 Å². The fraction of sp³-hybridized carbons (Fsp3) is 0.258. The van der Waals surface area contributed by atoms with Crippen molar-refractivity contribution >= 4 is 52.7 Å². The third kappa shape index (κ3) is 11.2. The van der Waals surface area contributed by atoms with Gasteiger partial charge in [0.2, 0.25) is 0 Å². The average Bonchev–Trinajstić information content (AvgIpc) is 2.94. The van der Waals surface area contributed by atoms with Gasteiger partial charge in [0, 0.05) is 5.56 Å². The summed E-state index contributed by atoms with van der Waals surface area (Å²) in [5.74, 6) is -0.403. The lowest BCUT2D eigenvalue weighted by Crippen LogP contribution is -2.24. The fourth-order valence-corrected chi connectivity index (χ4v) is 3.95.